The van der Waals surface area contributed by atoms with Crippen LogP contribution in [0.4, 0.5) is 34.1 Å². The van der Waals surface area contributed by atoms with Crippen molar-refractivity contribution in [1.29, 1.82) is 0 Å². The summed E-state index contributed by atoms with van der Waals surface area (Å²) in [7, 11) is -26.5. The number of nitro benzene ring substituents is 1. The number of rotatable bonds is 10. The van der Waals surface area contributed by atoms with Crippen molar-refractivity contribution in [1.82, 2.24) is 0 Å². The Kier molecular flexibility index (Phi) is 9.78. The van der Waals surface area contributed by atoms with Crippen LogP contribution in [0.25, 0.3) is 10.8 Å². The minimum atomic E-state index is -5.48. The second kappa shape index (κ2) is 12.9. The molecule has 24 nitrogen and oxygen atoms in total. The van der Waals surface area contributed by atoms with Gasteiger partial charge in [-0.3, -0.25) is 32.9 Å². The lowest BCUT2D eigenvalue weighted by molar-refractivity contribution is -0.385. The fourth-order valence-electron chi connectivity index (χ4n) is 4.17. The maximum Gasteiger partial charge on any atom is 0.297 e. The highest BCUT2D eigenvalue weighted by Crippen LogP contribution is 2.48. The van der Waals surface area contributed by atoms with Gasteiger partial charge in [0.2, 0.25) is 0 Å². The zero-order valence-corrected chi connectivity index (χ0v) is 28.1. The monoisotopic (exact) mass is 812 g/mol. The number of phenols is 1. The molecule has 0 aliphatic rings. The smallest absolute Gasteiger partial charge is 0.297 e. The van der Waals surface area contributed by atoms with E-state index in [1.54, 1.807) is 0 Å². The third-order valence-electron chi connectivity index (χ3n) is 6.32. The first-order chi connectivity index (χ1) is 23.1. The van der Waals surface area contributed by atoms with Gasteiger partial charge < -0.3 is 10.8 Å². The number of anilines is 1. The summed E-state index contributed by atoms with van der Waals surface area (Å²) in [6.07, 6.45) is 0. The van der Waals surface area contributed by atoms with Crippen LogP contribution in [-0.4, -0.2) is 74.9 Å². The van der Waals surface area contributed by atoms with Gasteiger partial charge in [0, 0.05) is 12.1 Å². The van der Waals surface area contributed by atoms with Crippen LogP contribution in [-0.2, 0) is 50.6 Å². The molecule has 0 radical (unpaired) electrons. The van der Waals surface area contributed by atoms with Gasteiger partial charge in [-0.1, -0.05) is 0 Å². The van der Waals surface area contributed by atoms with E-state index in [-0.39, 0.29) is 0 Å². The molecule has 0 bridgehead atoms. The number of azo groups is 2. The topological polar surface area (TPSA) is 411 Å². The maximum absolute atomic E-state index is 12.3. The minimum absolute atomic E-state index is 0.346. The third-order valence-corrected chi connectivity index (χ3v) is 10.7. The molecule has 0 aliphatic heterocycles. The Hall–Kier alpha value is -5.11. The van der Waals surface area contributed by atoms with Gasteiger partial charge >= 0.3 is 0 Å². The third kappa shape index (κ3) is 8.11. The number of hydrogen-bond donors (Lipinski definition) is 7. The zero-order chi connectivity index (χ0) is 38.6. The Morgan fingerprint density at radius 3 is 1.55 bits per heavy atom. The number of aromatic hydroxyl groups is 1. The fourth-order valence-corrected chi connectivity index (χ4v) is 7.25. The van der Waals surface area contributed by atoms with Crippen LogP contribution in [0, 0.1) is 10.1 Å². The van der Waals surface area contributed by atoms with Crippen molar-refractivity contribution in [3.05, 3.63) is 58.6 Å². The van der Waals surface area contributed by atoms with Crippen LogP contribution in [0.5, 0.6) is 5.75 Å². The summed E-state index contributed by atoms with van der Waals surface area (Å²) in [5.41, 5.74) is -0.238. The highest BCUT2D eigenvalue weighted by Gasteiger charge is 2.29. The molecular formula is C22H16N6O18S5. The van der Waals surface area contributed by atoms with E-state index in [2.05, 4.69) is 20.5 Å². The van der Waals surface area contributed by atoms with E-state index in [4.69, 9.17) is 5.73 Å². The summed E-state index contributed by atoms with van der Waals surface area (Å²) in [5, 5.41) is 34.2. The maximum atomic E-state index is 12.3. The molecule has 29 heteroatoms. The van der Waals surface area contributed by atoms with Gasteiger partial charge in [0.25, 0.3) is 56.3 Å². The molecule has 0 spiro atoms. The van der Waals surface area contributed by atoms with Gasteiger partial charge in [0.05, 0.1) is 20.9 Å². The van der Waals surface area contributed by atoms with Crippen molar-refractivity contribution in [3.63, 3.8) is 0 Å². The Bertz CT molecular complexity index is 2820. The van der Waals surface area contributed by atoms with Crippen LogP contribution in [0.1, 0.15) is 0 Å². The minimum Gasteiger partial charge on any atom is -0.505 e. The van der Waals surface area contributed by atoms with E-state index >= 15 is 0 Å². The average molecular weight is 813 g/mol. The van der Waals surface area contributed by atoms with Gasteiger partial charge in [-0.2, -0.15) is 42.1 Å². The summed E-state index contributed by atoms with van der Waals surface area (Å²) in [5.74, 6) is -1.39. The van der Waals surface area contributed by atoms with E-state index < -0.39 is 131 Å². The molecule has 51 heavy (non-hydrogen) atoms. The number of nitrogen functional groups attached to an aromatic ring is 1. The Balaban J connectivity index is 2.09. The standard InChI is InChI=1S/C22H16N6O18S5/c23-19-18-9(5-16(50(41,42)43)20(19)26-25-13-8-11(47(32,33)34)2-4-14(13)48(35,36)37)6-17(51(44,45)46)21(22(18)29)27-24-12-3-1-10(28(30)31)7-15(12)49(38,39)40/h1-8,29H,23H2,(H,32,33,34)(H,35,36,37)(H,38,39,40)(H,41,42,43)(H,44,45,46). The number of phenolic OH excluding ortho intramolecular Hbond substituents is 1. The molecule has 0 unspecified atom stereocenters. The van der Waals surface area contributed by atoms with Crippen LogP contribution in [0.3, 0.4) is 0 Å². The van der Waals surface area contributed by atoms with E-state index in [0.29, 0.717) is 48.5 Å². The number of nitro groups is 1. The summed E-state index contributed by atoms with van der Waals surface area (Å²) >= 11 is 0. The first kappa shape index (κ1) is 38.7. The van der Waals surface area contributed by atoms with E-state index in [1.165, 1.54) is 0 Å². The van der Waals surface area contributed by atoms with Crippen LogP contribution >= 0.6 is 0 Å². The van der Waals surface area contributed by atoms with Crippen LogP contribution in [0.2, 0.25) is 0 Å². The Morgan fingerprint density at radius 1 is 0.569 bits per heavy atom. The molecule has 4 aromatic carbocycles. The highest BCUT2D eigenvalue weighted by molar-refractivity contribution is 7.87. The van der Waals surface area contributed by atoms with Crippen LogP contribution < -0.4 is 5.73 Å². The molecule has 0 atom stereocenters. The van der Waals surface area contributed by atoms with E-state index in [1.807, 2.05) is 0 Å². The van der Waals surface area contributed by atoms with Crippen LogP contribution in [0.15, 0.2) is 93.5 Å². The number of fused-ring (bicyclic) bond motifs is 1. The van der Waals surface area contributed by atoms with Crippen molar-refractivity contribution >= 4 is 95.5 Å². The van der Waals surface area contributed by atoms with Crippen molar-refractivity contribution < 1.29 is 74.9 Å². The lowest BCUT2D eigenvalue weighted by atomic mass is 10.1. The summed E-state index contributed by atoms with van der Waals surface area (Å²) in [6.45, 7) is 0. The first-order valence-electron chi connectivity index (χ1n) is 12.4. The van der Waals surface area contributed by atoms with Gasteiger partial charge in [0.1, 0.15) is 42.3 Å². The number of nitrogens with zero attached hydrogens (tertiary/aromatic N) is 5. The first-order valence-corrected chi connectivity index (χ1v) is 19.6. The van der Waals surface area contributed by atoms with Crippen molar-refractivity contribution in [2.24, 2.45) is 20.5 Å². The average Bonchev–Trinajstić information content (AvgIpc) is 2.97. The molecule has 8 N–H and O–H groups in total. The molecule has 0 aliphatic carbocycles. The molecule has 0 heterocycles. The molecule has 0 fully saturated rings. The normalized spacial score (nSPS) is 13.4. The summed E-state index contributed by atoms with van der Waals surface area (Å²) < 4.78 is 168. The van der Waals surface area contributed by atoms with Crippen molar-refractivity contribution in [2.45, 2.75) is 24.5 Å². The number of hydrogen-bond acceptors (Lipinski definition) is 18. The summed E-state index contributed by atoms with van der Waals surface area (Å²) in [6, 6.07) is 3.86. The van der Waals surface area contributed by atoms with Gasteiger partial charge in [-0.05, 0) is 41.8 Å². The quantitative estimate of drug-likeness (QED) is 0.0397. The molecular weight excluding hydrogens is 797 g/mol. The van der Waals surface area contributed by atoms with Crippen molar-refractivity contribution in [2.75, 3.05) is 5.73 Å². The number of non-ortho nitro benzene ring substituents is 1. The predicted octanol–water partition coefficient (Wildman–Crippen LogP) is 3.10. The number of nitrogens with two attached hydrogens (primary N) is 1. The Labute approximate surface area is 284 Å². The van der Waals surface area contributed by atoms with E-state index in [0.717, 1.165) is 0 Å². The molecule has 0 amide bonds. The van der Waals surface area contributed by atoms with Crippen molar-refractivity contribution in [3.8, 4) is 5.75 Å². The second-order valence-electron chi connectivity index (χ2n) is 9.62. The van der Waals surface area contributed by atoms with Gasteiger partial charge in [-0.15, -0.1) is 20.5 Å². The fraction of sp³-hybridized carbons (Fsp3) is 0. The SMILES string of the molecule is Nc1c(N=Nc2cc(S(=O)(=O)O)ccc2S(=O)(=O)O)c(S(=O)(=O)O)cc2cc(S(=O)(=O)O)c(N=Nc3ccc([N+](=O)[O-])cc3S(=O)(=O)O)c(O)c12. The molecule has 4 aromatic rings. The molecule has 0 aromatic heterocycles. The molecule has 0 saturated carbocycles. The number of benzene rings is 4. The molecule has 4 rings (SSSR count). The molecule has 0 saturated heterocycles. The Morgan fingerprint density at radius 2 is 1.06 bits per heavy atom. The lowest BCUT2D eigenvalue weighted by Gasteiger charge is -2.14. The predicted molar refractivity (Wildman–Crippen MR) is 167 cm³/mol. The highest BCUT2D eigenvalue weighted by atomic mass is 32.2. The molecule has 272 valence electrons. The van der Waals surface area contributed by atoms with Gasteiger partial charge in [0.15, 0.2) is 5.75 Å². The largest absolute Gasteiger partial charge is 0.505 e. The van der Waals surface area contributed by atoms with E-state index in [9.17, 15) is 80.1 Å². The lowest BCUT2D eigenvalue weighted by Crippen LogP contribution is -2.04. The summed E-state index contributed by atoms with van der Waals surface area (Å²) in [4.78, 5) is 3.97. The zero-order valence-electron chi connectivity index (χ0n) is 24.1. The van der Waals surface area contributed by atoms with Gasteiger partial charge in [-0.25, -0.2) is 0 Å². The second-order valence-corrected chi connectivity index (χ2v) is 16.6.